The predicted molar refractivity (Wildman–Crippen MR) is 91.0 cm³/mol. The number of carbonyl (C=O) groups excluding carboxylic acids is 2. The Bertz CT molecular complexity index is 491. The smallest absolute Gasteiger partial charge is 0.326 e. The van der Waals surface area contributed by atoms with Crippen molar-refractivity contribution in [3.8, 4) is 0 Å². The van der Waals surface area contributed by atoms with Crippen LogP contribution in [0, 0.1) is 11.8 Å². The lowest BCUT2D eigenvalue weighted by molar-refractivity contribution is -0.142. The van der Waals surface area contributed by atoms with Crippen molar-refractivity contribution in [1.82, 2.24) is 15.1 Å². The highest BCUT2D eigenvalue weighted by Crippen LogP contribution is 2.18. The maximum atomic E-state index is 12.4. The van der Waals surface area contributed by atoms with Gasteiger partial charge in [0.25, 0.3) is 0 Å². The first-order valence-corrected chi connectivity index (χ1v) is 8.98. The van der Waals surface area contributed by atoms with E-state index in [1.165, 1.54) is 0 Å². The van der Waals surface area contributed by atoms with Crippen molar-refractivity contribution in [2.24, 2.45) is 11.8 Å². The zero-order chi connectivity index (χ0) is 18.4. The van der Waals surface area contributed by atoms with Gasteiger partial charge in [0.05, 0.1) is 19.1 Å². The second-order valence-electron chi connectivity index (χ2n) is 7.22. The van der Waals surface area contributed by atoms with E-state index < -0.39 is 17.9 Å². The van der Waals surface area contributed by atoms with E-state index in [0.29, 0.717) is 32.7 Å². The van der Waals surface area contributed by atoms with Gasteiger partial charge in [-0.05, 0) is 12.3 Å². The molecule has 2 N–H and O–H groups in total. The quantitative estimate of drug-likeness (QED) is 0.625. The molecule has 25 heavy (non-hydrogen) atoms. The number of hydrogen-bond donors (Lipinski definition) is 2. The molecule has 2 amide bonds. The number of hydrogen-bond acceptors (Lipinski definition) is 5. The fourth-order valence-corrected chi connectivity index (χ4v) is 3.23. The molecule has 0 aliphatic carbocycles. The molecule has 2 aliphatic rings. The summed E-state index contributed by atoms with van der Waals surface area (Å²) >= 11 is 0. The van der Waals surface area contributed by atoms with Gasteiger partial charge in [0, 0.05) is 39.1 Å². The molecule has 8 heteroatoms. The number of rotatable bonds is 8. The second-order valence-corrected chi connectivity index (χ2v) is 7.22. The van der Waals surface area contributed by atoms with Gasteiger partial charge >= 0.3 is 5.97 Å². The van der Waals surface area contributed by atoms with Crippen LogP contribution < -0.4 is 5.32 Å². The van der Waals surface area contributed by atoms with Gasteiger partial charge in [-0.1, -0.05) is 13.8 Å². The summed E-state index contributed by atoms with van der Waals surface area (Å²) in [6, 6.07) is -0.898. The molecule has 8 nitrogen and oxygen atoms in total. The van der Waals surface area contributed by atoms with Gasteiger partial charge < -0.3 is 20.1 Å². The van der Waals surface area contributed by atoms with Gasteiger partial charge in [0.1, 0.15) is 6.04 Å². The monoisotopic (exact) mass is 355 g/mol. The largest absolute Gasteiger partial charge is 0.480 e. The Hall–Kier alpha value is -1.67. The number of amides is 2. The van der Waals surface area contributed by atoms with Crippen LogP contribution in [0.1, 0.15) is 26.7 Å². The standard InChI is InChI=1S/C17H29N3O5/c1-12(2)9-14(17(23)24)18-16(22)13-10-15(21)20(11-13)4-3-19-5-7-25-8-6-19/h12-14H,3-11H2,1-2H3,(H,18,22)(H,23,24)/t13-,14+/m1/s1. The summed E-state index contributed by atoms with van der Waals surface area (Å²) in [7, 11) is 0. The molecule has 0 aromatic rings. The van der Waals surface area contributed by atoms with Crippen LogP contribution in [0.15, 0.2) is 0 Å². The van der Waals surface area contributed by atoms with E-state index in [4.69, 9.17) is 4.74 Å². The van der Waals surface area contributed by atoms with Gasteiger partial charge in [0.15, 0.2) is 0 Å². The topological polar surface area (TPSA) is 99.2 Å². The van der Waals surface area contributed by atoms with Crippen LogP contribution in [0.3, 0.4) is 0 Å². The molecule has 0 aromatic carbocycles. The summed E-state index contributed by atoms with van der Waals surface area (Å²) in [5.74, 6) is -1.71. The molecule has 0 unspecified atom stereocenters. The van der Waals surface area contributed by atoms with E-state index >= 15 is 0 Å². The van der Waals surface area contributed by atoms with E-state index in [1.807, 2.05) is 13.8 Å². The average Bonchev–Trinajstić information content (AvgIpc) is 2.94. The third-order valence-corrected chi connectivity index (χ3v) is 4.70. The molecule has 2 rings (SSSR count). The molecule has 0 aromatic heterocycles. The first kappa shape index (κ1) is 19.7. The number of aliphatic carboxylic acids is 1. The van der Waals surface area contributed by atoms with Crippen molar-refractivity contribution in [3.63, 3.8) is 0 Å². The van der Waals surface area contributed by atoms with E-state index in [9.17, 15) is 19.5 Å². The number of carboxylic acid groups (broad SMARTS) is 1. The summed E-state index contributed by atoms with van der Waals surface area (Å²) < 4.78 is 5.30. The second kappa shape index (κ2) is 9.15. The van der Waals surface area contributed by atoms with Crippen LogP contribution >= 0.6 is 0 Å². The van der Waals surface area contributed by atoms with Gasteiger partial charge in [-0.3, -0.25) is 14.5 Å². The first-order chi connectivity index (χ1) is 11.9. The number of nitrogens with zero attached hydrogens (tertiary/aromatic N) is 2. The summed E-state index contributed by atoms with van der Waals surface area (Å²) in [5, 5.41) is 11.8. The van der Waals surface area contributed by atoms with E-state index in [2.05, 4.69) is 10.2 Å². The normalized spacial score (nSPS) is 23.1. The predicted octanol–water partition coefficient (Wildman–Crippen LogP) is -0.217. The molecule has 2 heterocycles. The zero-order valence-electron chi connectivity index (χ0n) is 15.1. The van der Waals surface area contributed by atoms with E-state index in [0.717, 1.165) is 19.6 Å². The van der Waals surface area contributed by atoms with Crippen molar-refractivity contribution in [2.75, 3.05) is 45.9 Å². The van der Waals surface area contributed by atoms with Crippen molar-refractivity contribution >= 4 is 17.8 Å². The van der Waals surface area contributed by atoms with Gasteiger partial charge in [0.2, 0.25) is 11.8 Å². The van der Waals surface area contributed by atoms with Crippen molar-refractivity contribution < 1.29 is 24.2 Å². The highest BCUT2D eigenvalue weighted by molar-refractivity contribution is 5.91. The van der Waals surface area contributed by atoms with Gasteiger partial charge in [-0.25, -0.2) is 4.79 Å². The lowest BCUT2D eigenvalue weighted by atomic mass is 10.0. The minimum Gasteiger partial charge on any atom is -0.480 e. The molecule has 0 radical (unpaired) electrons. The fourth-order valence-electron chi connectivity index (χ4n) is 3.23. The summed E-state index contributed by atoms with van der Waals surface area (Å²) in [5.41, 5.74) is 0. The minimum absolute atomic E-state index is 0.0378. The summed E-state index contributed by atoms with van der Waals surface area (Å²) in [6.45, 7) is 8.71. The van der Waals surface area contributed by atoms with Gasteiger partial charge in [-0.15, -0.1) is 0 Å². The number of likely N-dealkylation sites (tertiary alicyclic amines) is 1. The molecule has 2 fully saturated rings. The SMILES string of the molecule is CC(C)C[C@H](NC(=O)[C@@H]1CC(=O)N(CCN2CCOCC2)C1)C(=O)O. The van der Waals surface area contributed by atoms with Crippen LogP contribution in [0.5, 0.6) is 0 Å². The molecular weight excluding hydrogens is 326 g/mol. The van der Waals surface area contributed by atoms with Crippen molar-refractivity contribution in [1.29, 1.82) is 0 Å². The van der Waals surface area contributed by atoms with Crippen LogP contribution in [0.2, 0.25) is 0 Å². The lowest BCUT2D eigenvalue weighted by Crippen LogP contribution is -2.45. The number of ether oxygens (including phenoxy) is 1. The molecule has 0 spiro atoms. The van der Waals surface area contributed by atoms with Crippen LogP contribution in [-0.4, -0.2) is 84.7 Å². The van der Waals surface area contributed by atoms with Crippen LogP contribution in [-0.2, 0) is 19.1 Å². The molecule has 142 valence electrons. The Morgan fingerprint density at radius 2 is 1.96 bits per heavy atom. The Morgan fingerprint density at radius 3 is 2.56 bits per heavy atom. The first-order valence-electron chi connectivity index (χ1n) is 8.98. The Kier molecular flexibility index (Phi) is 7.19. The number of carbonyl (C=O) groups is 3. The number of morpholine rings is 1. The third kappa shape index (κ3) is 5.97. The average molecular weight is 355 g/mol. The van der Waals surface area contributed by atoms with Gasteiger partial charge in [-0.2, -0.15) is 0 Å². The molecule has 2 atom stereocenters. The Balaban J connectivity index is 1.81. The summed E-state index contributed by atoms with van der Waals surface area (Å²) in [6.07, 6.45) is 0.533. The molecule has 2 saturated heterocycles. The summed E-state index contributed by atoms with van der Waals surface area (Å²) in [4.78, 5) is 39.7. The minimum atomic E-state index is -1.03. The van der Waals surface area contributed by atoms with E-state index in [-0.39, 0.29) is 24.2 Å². The van der Waals surface area contributed by atoms with Crippen LogP contribution in [0.25, 0.3) is 0 Å². The maximum absolute atomic E-state index is 12.4. The maximum Gasteiger partial charge on any atom is 0.326 e. The van der Waals surface area contributed by atoms with E-state index in [1.54, 1.807) is 4.90 Å². The highest BCUT2D eigenvalue weighted by atomic mass is 16.5. The zero-order valence-corrected chi connectivity index (χ0v) is 15.1. The van der Waals surface area contributed by atoms with Crippen LogP contribution in [0.4, 0.5) is 0 Å². The van der Waals surface area contributed by atoms with Crippen molar-refractivity contribution in [3.05, 3.63) is 0 Å². The molecule has 0 saturated carbocycles. The number of carboxylic acids is 1. The highest BCUT2D eigenvalue weighted by Gasteiger charge is 2.36. The molecule has 2 aliphatic heterocycles. The van der Waals surface area contributed by atoms with Crippen molar-refractivity contribution in [2.45, 2.75) is 32.7 Å². The number of nitrogens with one attached hydrogen (secondary N) is 1. The third-order valence-electron chi connectivity index (χ3n) is 4.70. The Labute approximate surface area is 148 Å². The molecular formula is C17H29N3O5. The Morgan fingerprint density at radius 1 is 1.28 bits per heavy atom. The lowest BCUT2D eigenvalue weighted by Gasteiger charge is -2.28. The fraction of sp³-hybridized carbons (Fsp3) is 0.824. The molecule has 0 bridgehead atoms.